The van der Waals surface area contributed by atoms with Crippen LogP contribution >= 0.6 is 0 Å². The predicted octanol–water partition coefficient (Wildman–Crippen LogP) is 3.38. The summed E-state index contributed by atoms with van der Waals surface area (Å²) in [6.07, 6.45) is 7.78. The van der Waals surface area contributed by atoms with Gasteiger partial charge in [-0.2, -0.15) is 0 Å². The fourth-order valence-electron chi connectivity index (χ4n) is 3.08. The number of aliphatic hydroxyl groups is 1. The first-order valence-electron chi connectivity index (χ1n) is 7.76. The molecule has 0 amide bonds. The largest absolute Gasteiger partial charge is 0.395 e. The molecule has 1 aliphatic rings. The highest BCUT2D eigenvalue weighted by atomic mass is 16.3. The van der Waals surface area contributed by atoms with Gasteiger partial charge in [0.1, 0.15) is 0 Å². The van der Waals surface area contributed by atoms with E-state index < -0.39 is 0 Å². The first-order valence-corrected chi connectivity index (χ1v) is 7.76. The second-order valence-electron chi connectivity index (χ2n) is 5.66. The minimum absolute atomic E-state index is 0.267. The van der Waals surface area contributed by atoms with Crippen LogP contribution in [0.5, 0.6) is 0 Å². The maximum absolute atomic E-state index is 9.29. The number of aliphatic hydroxyl groups excluding tert-OH is 1. The molecule has 106 valence electrons. The molecule has 0 bridgehead atoms. The monoisotopic (exact) mass is 261 g/mol. The lowest BCUT2D eigenvalue weighted by Gasteiger charge is -2.34. The van der Waals surface area contributed by atoms with E-state index in [1.807, 2.05) is 0 Å². The minimum atomic E-state index is 0.267. The second kappa shape index (κ2) is 7.66. The Morgan fingerprint density at radius 3 is 2.26 bits per heavy atom. The molecular formula is C17H27NO. The lowest BCUT2D eigenvalue weighted by molar-refractivity contribution is 0.117. The summed E-state index contributed by atoms with van der Waals surface area (Å²) in [5.41, 5.74) is 2.77. The molecule has 1 aliphatic carbocycles. The molecule has 1 fully saturated rings. The van der Waals surface area contributed by atoms with Gasteiger partial charge in [-0.3, -0.25) is 4.90 Å². The van der Waals surface area contributed by atoms with Crippen molar-refractivity contribution >= 4 is 0 Å². The summed E-state index contributed by atoms with van der Waals surface area (Å²) in [6.45, 7) is 4.24. The summed E-state index contributed by atoms with van der Waals surface area (Å²) in [5, 5.41) is 9.29. The Bertz CT molecular complexity index is 354. The van der Waals surface area contributed by atoms with Crippen molar-refractivity contribution in [3.8, 4) is 0 Å². The molecular weight excluding hydrogens is 234 g/mol. The van der Waals surface area contributed by atoms with Crippen LogP contribution in [-0.4, -0.2) is 29.2 Å². The SMILES string of the molecule is CCc1ccc(CN(CCO)C2CCCCC2)cc1. The molecule has 0 aliphatic heterocycles. The fourth-order valence-corrected chi connectivity index (χ4v) is 3.08. The van der Waals surface area contributed by atoms with E-state index >= 15 is 0 Å². The Hall–Kier alpha value is -0.860. The van der Waals surface area contributed by atoms with Crippen molar-refractivity contribution in [3.05, 3.63) is 35.4 Å². The van der Waals surface area contributed by atoms with Gasteiger partial charge in [0.25, 0.3) is 0 Å². The van der Waals surface area contributed by atoms with E-state index in [1.165, 1.54) is 43.2 Å². The molecule has 0 saturated heterocycles. The summed E-state index contributed by atoms with van der Waals surface area (Å²) in [7, 11) is 0. The van der Waals surface area contributed by atoms with Gasteiger partial charge in [-0.25, -0.2) is 0 Å². The summed E-state index contributed by atoms with van der Waals surface area (Å²) in [4.78, 5) is 2.47. The summed E-state index contributed by atoms with van der Waals surface area (Å²) in [5.74, 6) is 0. The van der Waals surface area contributed by atoms with Gasteiger partial charge in [-0.15, -0.1) is 0 Å². The molecule has 0 radical (unpaired) electrons. The van der Waals surface area contributed by atoms with Gasteiger partial charge in [-0.1, -0.05) is 50.5 Å². The Kier molecular flexibility index (Phi) is 5.87. The highest BCUT2D eigenvalue weighted by molar-refractivity contribution is 5.22. The van der Waals surface area contributed by atoms with Crippen molar-refractivity contribution in [2.75, 3.05) is 13.2 Å². The van der Waals surface area contributed by atoms with Crippen LogP contribution in [0, 0.1) is 0 Å². The molecule has 2 nitrogen and oxygen atoms in total. The third-order valence-corrected chi connectivity index (χ3v) is 4.30. The Morgan fingerprint density at radius 2 is 1.68 bits per heavy atom. The summed E-state index contributed by atoms with van der Waals surface area (Å²) >= 11 is 0. The van der Waals surface area contributed by atoms with Crippen LogP contribution in [0.4, 0.5) is 0 Å². The Balaban J connectivity index is 1.97. The van der Waals surface area contributed by atoms with E-state index in [2.05, 4.69) is 36.1 Å². The van der Waals surface area contributed by atoms with Crippen molar-refractivity contribution in [1.82, 2.24) is 4.90 Å². The second-order valence-corrected chi connectivity index (χ2v) is 5.66. The van der Waals surface area contributed by atoms with E-state index in [-0.39, 0.29) is 6.61 Å². The molecule has 0 spiro atoms. The Labute approximate surface area is 117 Å². The minimum Gasteiger partial charge on any atom is -0.395 e. The average Bonchev–Trinajstić information content (AvgIpc) is 2.48. The first kappa shape index (κ1) is 14.5. The molecule has 1 aromatic carbocycles. The zero-order valence-corrected chi connectivity index (χ0v) is 12.1. The smallest absolute Gasteiger partial charge is 0.0558 e. The van der Waals surface area contributed by atoms with E-state index in [0.29, 0.717) is 6.04 Å². The van der Waals surface area contributed by atoms with Crippen molar-refractivity contribution < 1.29 is 5.11 Å². The van der Waals surface area contributed by atoms with Gasteiger partial charge in [-0.05, 0) is 30.4 Å². The number of nitrogens with zero attached hydrogens (tertiary/aromatic N) is 1. The highest BCUT2D eigenvalue weighted by Gasteiger charge is 2.20. The highest BCUT2D eigenvalue weighted by Crippen LogP contribution is 2.24. The van der Waals surface area contributed by atoms with Crippen LogP contribution in [0.2, 0.25) is 0 Å². The van der Waals surface area contributed by atoms with Crippen LogP contribution in [0.3, 0.4) is 0 Å². The maximum atomic E-state index is 9.29. The van der Waals surface area contributed by atoms with Crippen LogP contribution in [-0.2, 0) is 13.0 Å². The number of hydrogen-bond donors (Lipinski definition) is 1. The van der Waals surface area contributed by atoms with Crippen molar-refractivity contribution in [2.24, 2.45) is 0 Å². The molecule has 0 aromatic heterocycles. The van der Waals surface area contributed by atoms with Gasteiger partial charge in [0, 0.05) is 19.1 Å². The molecule has 0 heterocycles. The third kappa shape index (κ3) is 4.32. The maximum Gasteiger partial charge on any atom is 0.0558 e. The molecule has 2 rings (SSSR count). The predicted molar refractivity (Wildman–Crippen MR) is 80.2 cm³/mol. The third-order valence-electron chi connectivity index (χ3n) is 4.30. The molecule has 19 heavy (non-hydrogen) atoms. The standard InChI is InChI=1S/C17H27NO/c1-2-15-8-10-16(11-9-15)14-18(12-13-19)17-6-4-3-5-7-17/h8-11,17,19H,2-7,12-14H2,1H3. The number of aryl methyl sites for hydroxylation is 1. The number of rotatable bonds is 6. The van der Waals surface area contributed by atoms with Gasteiger partial charge >= 0.3 is 0 Å². The zero-order chi connectivity index (χ0) is 13.5. The van der Waals surface area contributed by atoms with Crippen LogP contribution < -0.4 is 0 Å². The molecule has 1 saturated carbocycles. The average molecular weight is 261 g/mol. The lowest BCUT2D eigenvalue weighted by atomic mass is 9.94. The van der Waals surface area contributed by atoms with E-state index in [4.69, 9.17) is 0 Å². The van der Waals surface area contributed by atoms with Crippen molar-refractivity contribution in [2.45, 2.75) is 58.0 Å². The summed E-state index contributed by atoms with van der Waals surface area (Å²) in [6, 6.07) is 9.62. The van der Waals surface area contributed by atoms with Gasteiger partial charge in [0.15, 0.2) is 0 Å². The van der Waals surface area contributed by atoms with Crippen LogP contribution in [0.1, 0.15) is 50.2 Å². The fraction of sp³-hybridized carbons (Fsp3) is 0.647. The number of hydrogen-bond acceptors (Lipinski definition) is 2. The van der Waals surface area contributed by atoms with Crippen LogP contribution in [0.25, 0.3) is 0 Å². The first-order chi connectivity index (χ1) is 9.33. The topological polar surface area (TPSA) is 23.5 Å². The molecule has 1 aromatic rings. The molecule has 0 unspecified atom stereocenters. The van der Waals surface area contributed by atoms with Gasteiger partial charge in [0.05, 0.1) is 6.61 Å². The van der Waals surface area contributed by atoms with Crippen molar-refractivity contribution in [3.63, 3.8) is 0 Å². The lowest BCUT2D eigenvalue weighted by Crippen LogP contribution is -2.38. The zero-order valence-electron chi connectivity index (χ0n) is 12.1. The number of benzene rings is 1. The normalized spacial score (nSPS) is 17.0. The van der Waals surface area contributed by atoms with E-state index in [9.17, 15) is 5.11 Å². The van der Waals surface area contributed by atoms with Gasteiger partial charge < -0.3 is 5.11 Å². The van der Waals surface area contributed by atoms with E-state index in [1.54, 1.807) is 0 Å². The van der Waals surface area contributed by atoms with E-state index in [0.717, 1.165) is 19.5 Å². The van der Waals surface area contributed by atoms with Crippen molar-refractivity contribution in [1.29, 1.82) is 0 Å². The summed E-state index contributed by atoms with van der Waals surface area (Å²) < 4.78 is 0. The van der Waals surface area contributed by atoms with Gasteiger partial charge in [0.2, 0.25) is 0 Å². The Morgan fingerprint density at radius 1 is 1.05 bits per heavy atom. The molecule has 0 atom stereocenters. The van der Waals surface area contributed by atoms with Crippen LogP contribution in [0.15, 0.2) is 24.3 Å². The quantitative estimate of drug-likeness (QED) is 0.848. The molecule has 1 N–H and O–H groups in total. The molecule has 2 heteroatoms.